The van der Waals surface area contributed by atoms with Crippen LogP contribution in [0.15, 0.2) is 96.7 Å². The van der Waals surface area contributed by atoms with Crippen molar-refractivity contribution in [1.82, 2.24) is 24.6 Å². The summed E-state index contributed by atoms with van der Waals surface area (Å²) in [5, 5.41) is 17.7. The molecule has 0 spiro atoms. The first-order valence-electron chi connectivity index (χ1n) is 21.6. The number of likely N-dealkylation sites (tertiary alicyclic amines) is 2. The molecule has 9 N–H and O–H groups in total. The van der Waals surface area contributed by atoms with Crippen LogP contribution in [0.4, 0.5) is 5.69 Å². The summed E-state index contributed by atoms with van der Waals surface area (Å²) in [4.78, 5) is 31.1. The summed E-state index contributed by atoms with van der Waals surface area (Å²) in [5.41, 5.74) is 27.3. The fourth-order valence-corrected chi connectivity index (χ4v) is 9.39. The van der Waals surface area contributed by atoms with E-state index in [1.807, 2.05) is 43.0 Å². The van der Waals surface area contributed by atoms with Crippen molar-refractivity contribution in [3.05, 3.63) is 125 Å². The van der Waals surface area contributed by atoms with E-state index in [0.717, 1.165) is 80.9 Å². The number of hydrogen-bond acceptors (Lipinski definition) is 10. The van der Waals surface area contributed by atoms with Gasteiger partial charge in [0.25, 0.3) is 5.91 Å². The van der Waals surface area contributed by atoms with Crippen molar-refractivity contribution in [1.29, 1.82) is 0 Å². The maximum absolute atomic E-state index is 13.8. The molecule has 3 fully saturated rings. The average Bonchev–Trinajstić information content (AvgIpc) is 3.57. The van der Waals surface area contributed by atoms with Gasteiger partial charge in [0.05, 0.1) is 11.8 Å². The molecule has 13 heteroatoms. The number of nitrogens with two attached hydrogens (primary N) is 3. The van der Waals surface area contributed by atoms with Crippen molar-refractivity contribution >= 4 is 34.6 Å². The van der Waals surface area contributed by atoms with E-state index < -0.39 is 0 Å². The third-order valence-electron chi connectivity index (χ3n) is 12.6. The average molecular weight is 830 g/mol. The van der Waals surface area contributed by atoms with Gasteiger partial charge in [0, 0.05) is 110 Å². The number of para-hydroxylation sites is 1. The Morgan fingerprint density at radius 2 is 1.69 bits per heavy atom. The lowest BCUT2D eigenvalue weighted by Crippen LogP contribution is -2.44. The van der Waals surface area contributed by atoms with Gasteiger partial charge in [-0.2, -0.15) is 0 Å². The number of nitrogens with zero attached hydrogens (tertiary/aromatic N) is 4. The van der Waals surface area contributed by atoms with Crippen molar-refractivity contribution in [3.63, 3.8) is 0 Å². The smallest absolute Gasteiger partial charge is 0.253 e. The number of carbonyl (C=O) groups excluding carboxylic acids is 2. The monoisotopic (exact) mass is 830 g/mol. The van der Waals surface area contributed by atoms with Gasteiger partial charge in [-0.25, -0.2) is 0 Å². The number of fused-ring (bicyclic) bond motifs is 1. The lowest BCUT2D eigenvalue weighted by atomic mass is 9.93. The van der Waals surface area contributed by atoms with E-state index in [4.69, 9.17) is 21.9 Å². The molecule has 0 saturated carbocycles. The molecule has 13 nitrogen and oxygen atoms in total. The maximum atomic E-state index is 13.8. The minimum Gasteiger partial charge on any atom is -0.507 e. The zero-order valence-electron chi connectivity index (χ0n) is 35.9. The predicted octanol–water partition coefficient (Wildman–Crippen LogP) is 6.06. The fourth-order valence-electron chi connectivity index (χ4n) is 9.39. The lowest BCUT2D eigenvalue weighted by molar-refractivity contribution is -0.109. The second-order valence-corrected chi connectivity index (χ2v) is 17.1. The minimum atomic E-state index is -0.277. The Kier molecular flexibility index (Phi) is 13.6. The van der Waals surface area contributed by atoms with Crippen LogP contribution in [0, 0.1) is 19.8 Å². The second-order valence-electron chi connectivity index (χ2n) is 17.1. The number of benzene rings is 3. The van der Waals surface area contributed by atoms with E-state index in [2.05, 4.69) is 62.9 Å². The van der Waals surface area contributed by atoms with Crippen LogP contribution in [0.5, 0.6) is 5.75 Å². The molecule has 3 aliphatic rings. The molecule has 3 saturated heterocycles. The van der Waals surface area contributed by atoms with Gasteiger partial charge in [-0.3, -0.25) is 9.59 Å². The number of phenols is 1. The molecule has 2 unspecified atom stereocenters. The third-order valence-corrected chi connectivity index (χ3v) is 12.6. The van der Waals surface area contributed by atoms with Gasteiger partial charge in [0.2, 0.25) is 6.41 Å². The number of anilines is 1. The standard InChI is InChI=1S/C48H63N9O4/c1-31-23-36(9-11-39(31)46-29-56(27-34(4)61-46)44(47(50)51)25-42(49)40-7-5-6-8-45(40)59)48(60)55-21-14-35(15-22-55)28-54-19-16-38(17-20-54)57-26-32(2)41-24-37(10-12-43(41)57)53-33(3)13-18-52-30-58/h5-12,23-26,30,34-35,38,46,53,59H,3,13-22,27-29,49-51H2,1-2,4H3,(H,52,58)/b42-25-. The zero-order valence-corrected chi connectivity index (χ0v) is 35.9. The summed E-state index contributed by atoms with van der Waals surface area (Å²) >= 11 is 0. The molecule has 0 bridgehead atoms. The molecule has 61 heavy (non-hydrogen) atoms. The number of aromatic hydroxyl groups is 1. The predicted molar refractivity (Wildman–Crippen MR) is 243 cm³/mol. The van der Waals surface area contributed by atoms with Crippen LogP contribution >= 0.6 is 0 Å². The number of carbonyl (C=O) groups is 2. The highest BCUT2D eigenvalue weighted by Gasteiger charge is 2.31. The minimum absolute atomic E-state index is 0.0772. The van der Waals surface area contributed by atoms with Crippen LogP contribution in [-0.2, 0) is 9.53 Å². The van der Waals surface area contributed by atoms with E-state index in [9.17, 15) is 14.7 Å². The Morgan fingerprint density at radius 3 is 2.39 bits per heavy atom. The molecule has 4 heterocycles. The number of nitrogens with one attached hydrogen (secondary N) is 2. The van der Waals surface area contributed by atoms with Crippen LogP contribution in [-0.4, -0.2) is 95.2 Å². The van der Waals surface area contributed by atoms with Crippen LogP contribution < -0.4 is 27.8 Å². The van der Waals surface area contributed by atoms with E-state index in [1.165, 1.54) is 16.5 Å². The molecule has 2 atom stereocenters. The number of amides is 2. The quantitative estimate of drug-likeness (QED) is 0.0497. The number of piperidine rings is 2. The molecule has 3 aromatic carbocycles. The number of rotatable bonds is 14. The van der Waals surface area contributed by atoms with Gasteiger partial charge in [0.1, 0.15) is 17.7 Å². The molecule has 4 aromatic rings. The number of aryl methyl sites for hydroxylation is 2. The van der Waals surface area contributed by atoms with Gasteiger partial charge in [-0.15, -0.1) is 0 Å². The van der Waals surface area contributed by atoms with Gasteiger partial charge >= 0.3 is 0 Å². The summed E-state index contributed by atoms with van der Waals surface area (Å²) in [6, 6.07) is 19.8. The molecule has 324 valence electrons. The fraction of sp³-hybridized carbons (Fsp3) is 0.417. The SMILES string of the molecule is C=C(CCNC=O)Nc1ccc2c(c1)c(C)cn2C1CCN(CC2CCN(C(=O)c3ccc(C4CN(C(/C=C(\N)c5ccccc5O)=C(N)N)CC(C)O4)c(C)c3)CC2)CC1. The number of phenolic OH excluding ortho intramolecular Hbond substituents is 1. The molecular weight excluding hydrogens is 767 g/mol. The first-order chi connectivity index (χ1) is 29.4. The maximum Gasteiger partial charge on any atom is 0.253 e. The second kappa shape index (κ2) is 19.2. The Morgan fingerprint density at radius 1 is 0.934 bits per heavy atom. The van der Waals surface area contributed by atoms with E-state index in [0.29, 0.717) is 66.9 Å². The van der Waals surface area contributed by atoms with Crippen LogP contribution in [0.25, 0.3) is 16.6 Å². The summed E-state index contributed by atoms with van der Waals surface area (Å²) in [6.45, 7) is 16.7. The topological polar surface area (TPSA) is 180 Å². The van der Waals surface area contributed by atoms with E-state index in [1.54, 1.807) is 24.3 Å². The highest BCUT2D eigenvalue weighted by molar-refractivity contribution is 5.94. The van der Waals surface area contributed by atoms with Gasteiger partial charge in [0.15, 0.2) is 0 Å². The van der Waals surface area contributed by atoms with E-state index in [-0.39, 0.29) is 29.7 Å². The largest absolute Gasteiger partial charge is 0.507 e. The number of morpholine rings is 1. The highest BCUT2D eigenvalue weighted by atomic mass is 16.5. The first kappa shape index (κ1) is 43.2. The molecule has 7 rings (SSSR count). The molecule has 2 amide bonds. The summed E-state index contributed by atoms with van der Waals surface area (Å²) in [7, 11) is 0. The normalized spacial score (nSPS) is 19.5. The summed E-state index contributed by atoms with van der Waals surface area (Å²) < 4.78 is 8.91. The first-order valence-corrected chi connectivity index (χ1v) is 21.6. The van der Waals surface area contributed by atoms with Gasteiger partial charge in [-0.1, -0.05) is 24.8 Å². The van der Waals surface area contributed by atoms with Crippen molar-refractivity contribution in [3.8, 4) is 5.75 Å². The molecular formula is C48H63N9O4. The molecule has 0 aliphatic carbocycles. The van der Waals surface area contributed by atoms with Crippen molar-refractivity contribution in [2.45, 2.75) is 71.1 Å². The summed E-state index contributed by atoms with van der Waals surface area (Å²) in [5.74, 6) is 0.861. The highest BCUT2D eigenvalue weighted by Crippen LogP contribution is 2.34. The van der Waals surface area contributed by atoms with Crippen LogP contribution in [0.3, 0.4) is 0 Å². The molecule has 0 radical (unpaired) electrons. The van der Waals surface area contributed by atoms with Crippen molar-refractivity contribution < 1.29 is 19.4 Å². The number of ether oxygens (including phenoxy) is 1. The molecule has 3 aliphatic heterocycles. The summed E-state index contributed by atoms with van der Waals surface area (Å²) in [6.07, 6.45) is 9.24. The number of aromatic nitrogens is 1. The number of hydrogen-bond donors (Lipinski definition) is 6. The number of allylic oxidation sites excluding steroid dienone is 1. The van der Waals surface area contributed by atoms with Crippen molar-refractivity contribution in [2.75, 3.05) is 57.7 Å². The lowest BCUT2D eigenvalue weighted by Gasteiger charge is -2.39. The zero-order chi connectivity index (χ0) is 43.2. The van der Waals surface area contributed by atoms with Gasteiger partial charge in [-0.05, 0) is 118 Å². The third kappa shape index (κ3) is 10.2. The van der Waals surface area contributed by atoms with Gasteiger partial charge < -0.3 is 56.9 Å². The van der Waals surface area contributed by atoms with Crippen molar-refractivity contribution in [2.24, 2.45) is 23.1 Å². The van der Waals surface area contributed by atoms with Crippen LogP contribution in [0.1, 0.15) is 83.8 Å². The van der Waals surface area contributed by atoms with E-state index >= 15 is 0 Å². The molecule has 1 aromatic heterocycles. The Labute approximate surface area is 359 Å². The van der Waals surface area contributed by atoms with Crippen LogP contribution in [0.2, 0.25) is 0 Å². The Balaban J connectivity index is 0.899. The Bertz CT molecular complexity index is 2280. The Hall–Kier alpha value is -5.92.